The number of carbonyl (C=O) groups excluding carboxylic acids is 1. The second kappa shape index (κ2) is 5.96. The maximum absolute atomic E-state index is 13.4. The molecule has 2 unspecified atom stereocenters. The van der Waals surface area contributed by atoms with Crippen molar-refractivity contribution in [2.75, 3.05) is 0 Å². The first-order valence-electron chi connectivity index (χ1n) is 6.55. The van der Waals surface area contributed by atoms with Gasteiger partial charge in [0.1, 0.15) is 0 Å². The molecule has 1 aromatic rings. The lowest BCUT2D eigenvalue weighted by atomic mass is 10.0. The highest BCUT2D eigenvalue weighted by molar-refractivity contribution is 7.86. The molecule has 0 amide bonds. The van der Waals surface area contributed by atoms with E-state index in [1.165, 1.54) is 12.1 Å². The van der Waals surface area contributed by atoms with Gasteiger partial charge in [0.05, 0.1) is 5.92 Å². The lowest BCUT2D eigenvalue weighted by Gasteiger charge is -2.27. The number of benzene rings is 1. The Kier molecular flexibility index (Phi) is 4.61. The first-order chi connectivity index (χ1) is 10.9. The maximum atomic E-state index is 13.4. The van der Waals surface area contributed by atoms with Crippen molar-refractivity contribution in [3.8, 4) is 0 Å². The molecule has 11 heteroatoms. The van der Waals surface area contributed by atoms with Crippen molar-refractivity contribution in [3.63, 3.8) is 0 Å². The Morgan fingerprint density at radius 1 is 1.21 bits per heavy atom. The fraction of sp³-hybridized carbons (Fsp3) is 0.462. The van der Waals surface area contributed by atoms with Gasteiger partial charge in [0.15, 0.2) is 0 Å². The summed E-state index contributed by atoms with van der Waals surface area (Å²) in [5, 5.41) is -5.72. The zero-order valence-corrected chi connectivity index (χ0v) is 12.6. The molecule has 1 N–H and O–H groups in total. The van der Waals surface area contributed by atoms with Crippen molar-refractivity contribution in [2.24, 2.45) is 0 Å². The highest BCUT2D eigenvalue weighted by atomic mass is 32.2. The SMILES string of the molecule is O=C(OC(C(F)(F)F)C(F)(F)S(=O)(=O)O)C1CCc2ccccc21. The third-order valence-corrected chi connectivity index (χ3v) is 4.50. The molecule has 0 fully saturated rings. The molecule has 0 saturated carbocycles. The number of carbonyl (C=O) groups is 1. The largest absolute Gasteiger partial charge is 0.444 e. The van der Waals surface area contributed by atoms with E-state index in [4.69, 9.17) is 4.55 Å². The van der Waals surface area contributed by atoms with Crippen molar-refractivity contribution in [1.29, 1.82) is 0 Å². The number of ether oxygens (including phenoxy) is 1. The van der Waals surface area contributed by atoms with Gasteiger partial charge >= 0.3 is 27.5 Å². The van der Waals surface area contributed by atoms with Crippen LogP contribution in [-0.4, -0.2) is 36.5 Å². The van der Waals surface area contributed by atoms with E-state index in [0.717, 1.165) is 0 Å². The molecular weight excluding hydrogens is 363 g/mol. The summed E-state index contributed by atoms with van der Waals surface area (Å²) in [6, 6.07) is 6.21. The van der Waals surface area contributed by atoms with Crippen LogP contribution in [0.2, 0.25) is 0 Å². The molecule has 0 spiro atoms. The van der Waals surface area contributed by atoms with Crippen LogP contribution in [0.5, 0.6) is 0 Å². The minimum absolute atomic E-state index is 0.0419. The van der Waals surface area contributed by atoms with Gasteiger partial charge in [-0.15, -0.1) is 0 Å². The van der Waals surface area contributed by atoms with Crippen LogP contribution in [0.4, 0.5) is 22.0 Å². The maximum Gasteiger partial charge on any atom is 0.432 e. The number of fused-ring (bicyclic) bond motifs is 1. The fourth-order valence-corrected chi connectivity index (χ4v) is 2.91. The Labute approximate surface area is 133 Å². The first-order valence-corrected chi connectivity index (χ1v) is 7.99. The van der Waals surface area contributed by atoms with Crippen LogP contribution in [0.15, 0.2) is 24.3 Å². The summed E-state index contributed by atoms with van der Waals surface area (Å²) in [4.78, 5) is 11.9. The molecule has 1 aromatic carbocycles. The summed E-state index contributed by atoms with van der Waals surface area (Å²) in [5.74, 6) is -2.85. The van der Waals surface area contributed by atoms with Gasteiger partial charge in [-0.1, -0.05) is 24.3 Å². The number of hydrogen-bond acceptors (Lipinski definition) is 4. The van der Waals surface area contributed by atoms with Gasteiger partial charge in [0.2, 0.25) is 0 Å². The summed E-state index contributed by atoms with van der Waals surface area (Å²) < 4.78 is 98.3. The highest BCUT2D eigenvalue weighted by Gasteiger charge is 2.66. The third-order valence-electron chi connectivity index (χ3n) is 3.60. The summed E-state index contributed by atoms with van der Waals surface area (Å²) in [5.41, 5.74) is 0.989. The number of rotatable bonds is 4. The van der Waals surface area contributed by atoms with Crippen LogP contribution in [0.1, 0.15) is 23.5 Å². The van der Waals surface area contributed by atoms with E-state index in [1.807, 2.05) is 0 Å². The molecule has 24 heavy (non-hydrogen) atoms. The number of alkyl halides is 5. The second-order valence-electron chi connectivity index (χ2n) is 5.19. The van der Waals surface area contributed by atoms with E-state index in [9.17, 15) is 35.2 Å². The minimum Gasteiger partial charge on any atom is -0.444 e. The normalized spacial score (nSPS) is 19.7. The van der Waals surface area contributed by atoms with Crippen molar-refractivity contribution in [2.45, 2.75) is 36.3 Å². The van der Waals surface area contributed by atoms with E-state index in [1.54, 1.807) is 12.1 Å². The van der Waals surface area contributed by atoms with Gasteiger partial charge in [-0.2, -0.15) is 30.4 Å². The smallest absolute Gasteiger partial charge is 0.432 e. The van der Waals surface area contributed by atoms with Crippen LogP contribution in [0, 0.1) is 0 Å². The zero-order valence-electron chi connectivity index (χ0n) is 11.8. The molecule has 0 radical (unpaired) electrons. The fourth-order valence-electron chi connectivity index (χ4n) is 2.46. The van der Waals surface area contributed by atoms with E-state index in [2.05, 4.69) is 4.74 Å². The van der Waals surface area contributed by atoms with Crippen molar-refractivity contribution < 1.29 is 44.5 Å². The van der Waals surface area contributed by atoms with Crippen LogP contribution in [0.3, 0.4) is 0 Å². The second-order valence-corrected chi connectivity index (χ2v) is 6.68. The molecule has 0 aliphatic heterocycles. The summed E-state index contributed by atoms with van der Waals surface area (Å²) in [6.07, 6.45) is -9.82. The predicted molar refractivity (Wildman–Crippen MR) is 69.9 cm³/mol. The van der Waals surface area contributed by atoms with Crippen molar-refractivity contribution in [3.05, 3.63) is 35.4 Å². The molecule has 0 aromatic heterocycles. The molecule has 0 heterocycles. The average Bonchev–Trinajstić information content (AvgIpc) is 2.85. The number of hydrogen-bond donors (Lipinski definition) is 1. The van der Waals surface area contributed by atoms with Gasteiger partial charge < -0.3 is 4.74 Å². The molecule has 0 bridgehead atoms. The summed E-state index contributed by atoms with van der Waals surface area (Å²) in [6.45, 7) is 0. The van der Waals surface area contributed by atoms with Gasteiger partial charge in [-0.05, 0) is 24.0 Å². The quantitative estimate of drug-likeness (QED) is 0.498. The molecule has 2 rings (SSSR count). The molecule has 134 valence electrons. The third kappa shape index (κ3) is 3.36. The van der Waals surface area contributed by atoms with Crippen LogP contribution < -0.4 is 0 Å². The van der Waals surface area contributed by atoms with Gasteiger partial charge in [0, 0.05) is 0 Å². The molecule has 1 aliphatic carbocycles. The van der Waals surface area contributed by atoms with Crippen LogP contribution >= 0.6 is 0 Å². The van der Waals surface area contributed by atoms with E-state index in [-0.39, 0.29) is 6.42 Å². The standard InChI is InChI=1S/C13H11F5O5S/c14-12(15,16)11(13(17,18)24(20,21)22)23-10(19)9-6-5-7-3-1-2-4-8(7)9/h1-4,9,11H,5-6H2,(H,20,21,22). The Bertz CT molecular complexity index is 743. The molecule has 1 aliphatic rings. The van der Waals surface area contributed by atoms with Gasteiger partial charge in [0.25, 0.3) is 6.10 Å². The Balaban J connectivity index is 2.31. The predicted octanol–water partition coefficient (Wildman–Crippen LogP) is 2.67. The van der Waals surface area contributed by atoms with Crippen molar-refractivity contribution >= 4 is 16.1 Å². The van der Waals surface area contributed by atoms with E-state index in [0.29, 0.717) is 17.5 Å². The van der Waals surface area contributed by atoms with Crippen molar-refractivity contribution in [1.82, 2.24) is 0 Å². The van der Waals surface area contributed by atoms with Gasteiger partial charge in [-0.25, -0.2) is 0 Å². The Hall–Kier alpha value is -1.75. The lowest BCUT2D eigenvalue weighted by Crippen LogP contribution is -2.52. The minimum atomic E-state index is -6.44. The first kappa shape index (κ1) is 18.6. The number of halogens is 5. The molecule has 2 atom stereocenters. The lowest BCUT2D eigenvalue weighted by molar-refractivity contribution is -0.259. The van der Waals surface area contributed by atoms with Crippen LogP contribution in [0.25, 0.3) is 0 Å². The zero-order chi connectivity index (χ0) is 18.3. The Morgan fingerprint density at radius 3 is 2.33 bits per heavy atom. The molecule has 0 saturated heterocycles. The molecule has 5 nitrogen and oxygen atoms in total. The van der Waals surface area contributed by atoms with E-state index >= 15 is 0 Å². The summed E-state index contributed by atoms with van der Waals surface area (Å²) in [7, 11) is -6.44. The van der Waals surface area contributed by atoms with E-state index < -0.39 is 39.5 Å². The summed E-state index contributed by atoms with van der Waals surface area (Å²) >= 11 is 0. The molecular formula is C13H11F5O5S. The topological polar surface area (TPSA) is 80.7 Å². The Morgan fingerprint density at radius 2 is 1.79 bits per heavy atom. The van der Waals surface area contributed by atoms with Crippen LogP contribution in [-0.2, 0) is 26.1 Å². The van der Waals surface area contributed by atoms with Gasteiger partial charge in [-0.3, -0.25) is 9.35 Å². The number of aryl methyl sites for hydroxylation is 1. The number of esters is 1. The monoisotopic (exact) mass is 374 g/mol. The average molecular weight is 374 g/mol. The highest BCUT2D eigenvalue weighted by Crippen LogP contribution is 2.40.